The van der Waals surface area contributed by atoms with E-state index in [-0.39, 0.29) is 25.2 Å². The number of carboxylic acids is 1. The monoisotopic (exact) mass is 569 g/mol. The zero-order valence-electron chi connectivity index (χ0n) is 24.5. The van der Waals surface area contributed by atoms with Crippen molar-refractivity contribution in [3.8, 4) is 17.2 Å². The van der Waals surface area contributed by atoms with Crippen LogP contribution in [0.2, 0.25) is 0 Å². The molecule has 11 nitrogen and oxygen atoms in total. The van der Waals surface area contributed by atoms with E-state index in [1.165, 1.54) is 14.0 Å². The first-order valence-electron chi connectivity index (χ1n) is 14.1. The van der Waals surface area contributed by atoms with E-state index in [1.807, 2.05) is 47.1 Å². The molecule has 3 atom stereocenters. The summed E-state index contributed by atoms with van der Waals surface area (Å²) < 4.78 is 18.6. The second kappa shape index (κ2) is 13.2. The number of methoxy groups -OCH3 is 1. The number of hydrogen-bond acceptors (Lipinski definition) is 7. The van der Waals surface area contributed by atoms with Gasteiger partial charge in [-0.25, -0.2) is 4.57 Å². The SMILES string of the molecule is CCCCN(C(=O)CN1C[C@H](c2cc(OC)c3c(c2)OCO3)[C@@H](C(=O)O)[C@@H]1CCN(C)C(C)=O)c1ccc[n+](C)c1. The highest BCUT2D eigenvalue weighted by Gasteiger charge is 2.47. The van der Waals surface area contributed by atoms with E-state index in [0.717, 1.165) is 24.1 Å². The molecule has 2 aliphatic heterocycles. The number of rotatable bonds is 12. The number of ether oxygens (including phenoxy) is 3. The lowest BCUT2D eigenvalue weighted by Gasteiger charge is -2.30. The lowest BCUT2D eigenvalue weighted by Crippen LogP contribution is -2.46. The van der Waals surface area contributed by atoms with Gasteiger partial charge in [0.05, 0.1) is 19.6 Å². The van der Waals surface area contributed by atoms with Gasteiger partial charge >= 0.3 is 5.97 Å². The van der Waals surface area contributed by atoms with Crippen molar-refractivity contribution in [1.29, 1.82) is 0 Å². The highest BCUT2D eigenvalue weighted by atomic mass is 16.7. The maximum Gasteiger partial charge on any atom is 0.308 e. The third kappa shape index (κ3) is 6.73. The molecule has 2 amide bonds. The molecule has 4 rings (SSSR count). The molecule has 0 radical (unpaired) electrons. The summed E-state index contributed by atoms with van der Waals surface area (Å²) in [5.41, 5.74) is 1.55. The maximum absolute atomic E-state index is 13.9. The van der Waals surface area contributed by atoms with Crippen LogP contribution in [0.25, 0.3) is 0 Å². The number of aliphatic carboxylic acids is 1. The standard InChI is InChI=1S/C30H40N4O7/c1-6-7-12-34(22-9-8-11-31(3)16-22)27(36)18-33-17-23(21-14-25(39-5)29-26(15-21)40-19-41-29)28(30(37)38)24(33)10-13-32(4)20(2)35/h8-9,11,14-16,23-24,28H,6-7,10,12-13,17-19H2,1-5H3/p+1/t23-,24+,28-/m1/s1. The van der Waals surface area contributed by atoms with Gasteiger partial charge < -0.3 is 29.1 Å². The lowest BCUT2D eigenvalue weighted by molar-refractivity contribution is -0.670. The number of fused-ring (bicyclic) bond motifs is 1. The highest BCUT2D eigenvalue weighted by Crippen LogP contribution is 2.47. The Morgan fingerprint density at radius 1 is 1.22 bits per heavy atom. The number of benzene rings is 1. The third-order valence-electron chi connectivity index (χ3n) is 8.05. The van der Waals surface area contributed by atoms with Crippen LogP contribution < -0.4 is 23.7 Å². The topological polar surface area (TPSA) is 113 Å². The van der Waals surface area contributed by atoms with Crippen LogP contribution in [0.5, 0.6) is 17.2 Å². The number of unbranched alkanes of at least 4 members (excludes halogenated alkanes) is 1. The minimum absolute atomic E-state index is 0.0543. The van der Waals surface area contributed by atoms with Crippen LogP contribution in [0.15, 0.2) is 36.7 Å². The van der Waals surface area contributed by atoms with Gasteiger partial charge in [0.25, 0.3) is 0 Å². The Kier molecular flexibility index (Phi) is 9.69. The molecular formula is C30H41N4O7+. The second-order valence-corrected chi connectivity index (χ2v) is 10.8. The molecule has 11 heteroatoms. The molecule has 2 aromatic rings. The molecule has 1 aromatic heterocycles. The van der Waals surface area contributed by atoms with Crippen LogP contribution in [0.4, 0.5) is 5.69 Å². The van der Waals surface area contributed by atoms with Gasteiger partial charge in [0, 0.05) is 51.6 Å². The summed E-state index contributed by atoms with van der Waals surface area (Å²) in [5.74, 6) is -0.912. The zero-order chi connectivity index (χ0) is 29.7. The molecule has 1 aromatic carbocycles. The van der Waals surface area contributed by atoms with Crippen molar-refractivity contribution < 1.29 is 38.3 Å². The van der Waals surface area contributed by atoms with E-state index in [0.29, 0.717) is 43.3 Å². The number of aryl methyl sites for hydroxylation is 1. The number of carbonyl (C=O) groups excluding carboxylic acids is 2. The molecule has 0 unspecified atom stereocenters. The van der Waals surface area contributed by atoms with E-state index in [2.05, 4.69) is 6.92 Å². The first kappa shape index (κ1) is 30.1. The highest BCUT2D eigenvalue weighted by molar-refractivity contribution is 5.94. The van der Waals surface area contributed by atoms with Gasteiger partial charge in [-0.1, -0.05) is 13.3 Å². The van der Waals surface area contributed by atoms with Crippen LogP contribution in [-0.2, 0) is 21.4 Å². The fraction of sp³-hybridized carbons (Fsp3) is 0.533. The molecule has 0 saturated carbocycles. The van der Waals surface area contributed by atoms with Crippen LogP contribution in [0.3, 0.4) is 0 Å². The molecule has 3 heterocycles. The van der Waals surface area contributed by atoms with Crippen molar-refractivity contribution in [3.05, 3.63) is 42.2 Å². The molecule has 0 bridgehead atoms. The molecule has 0 aliphatic carbocycles. The summed E-state index contributed by atoms with van der Waals surface area (Å²) in [4.78, 5) is 44.0. The average Bonchev–Trinajstić information content (AvgIpc) is 3.56. The fourth-order valence-electron chi connectivity index (χ4n) is 5.74. The molecule has 2 aliphatic rings. The molecule has 1 saturated heterocycles. The van der Waals surface area contributed by atoms with E-state index in [9.17, 15) is 19.5 Å². The Bertz CT molecular complexity index is 1270. The summed E-state index contributed by atoms with van der Waals surface area (Å²) >= 11 is 0. The summed E-state index contributed by atoms with van der Waals surface area (Å²) in [7, 11) is 5.14. The van der Waals surface area contributed by atoms with Crippen LogP contribution in [-0.4, -0.2) is 85.9 Å². The number of pyridine rings is 1. The van der Waals surface area contributed by atoms with Gasteiger partial charge in [-0.15, -0.1) is 0 Å². The van der Waals surface area contributed by atoms with Crippen LogP contribution >= 0.6 is 0 Å². The number of hydrogen-bond donors (Lipinski definition) is 1. The van der Waals surface area contributed by atoms with Crippen molar-refractivity contribution in [1.82, 2.24) is 9.80 Å². The summed E-state index contributed by atoms with van der Waals surface area (Å²) in [6.45, 7) is 4.97. The van der Waals surface area contributed by atoms with Gasteiger partial charge in [-0.2, -0.15) is 0 Å². The Hall–Kier alpha value is -3.86. The maximum atomic E-state index is 13.9. The summed E-state index contributed by atoms with van der Waals surface area (Å²) in [5, 5.41) is 10.5. The Morgan fingerprint density at radius 2 is 2.00 bits per heavy atom. The lowest BCUT2D eigenvalue weighted by atomic mass is 9.84. The molecule has 41 heavy (non-hydrogen) atoms. The van der Waals surface area contributed by atoms with Crippen molar-refractivity contribution in [2.24, 2.45) is 13.0 Å². The van der Waals surface area contributed by atoms with E-state index in [4.69, 9.17) is 14.2 Å². The number of carboxylic acid groups (broad SMARTS) is 1. The Balaban J connectivity index is 1.68. The molecule has 1 N–H and O–H groups in total. The smallest absolute Gasteiger partial charge is 0.308 e. The molecular weight excluding hydrogens is 528 g/mol. The van der Waals surface area contributed by atoms with Crippen molar-refractivity contribution >= 4 is 23.5 Å². The predicted octanol–water partition coefficient (Wildman–Crippen LogP) is 2.42. The number of aromatic nitrogens is 1. The molecule has 222 valence electrons. The van der Waals surface area contributed by atoms with E-state index >= 15 is 0 Å². The van der Waals surface area contributed by atoms with E-state index in [1.54, 1.807) is 22.9 Å². The summed E-state index contributed by atoms with van der Waals surface area (Å²) in [6, 6.07) is 6.96. The van der Waals surface area contributed by atoms with Gasteiger partial charge in [-0.3, -0.25) is 19.3 Å². The van der Waals surface area contributed by atoms with Crippen LogP contribution in [0, 0.1) is 5.92 Å². The van der Waals surface area contributed by atoms with Gasteiger partial charge in [0.15, 0.2) is 23.9 Å². The fourth-order valence-corrected chi connectivity index (χ4v) is 5.74. The first-order valence-corrected chi connectivity index (χ1v) is 14.1. The molecule has 1 fully saturated rings. The largest absolute Gasteiger partial charge is 0.493 e. The molecule has 0 spiro atoms. The number of nitrogens with zero attached hydrogens (tertiary/aromatic N) is 4. The minimum atomic E-state index is -0.949. The number of carbonyl (C=O) groups is 3. The minimum Gasteiger partial charge on any atom is -0.493 e. The van der Waals surface area contributed by atoms with Crippen LogP contribution in [0.1, 0.15) is 44.6 Å². The number of amides is 2. The van der Waals surface area contributed by atoms with E-state index < -0.39 is 23.8 Å². The summed E-state index contributed by atoms with van der Waals surface area (Å²) in [6.07, 6.45) is 6.01. The second-order valence-electron chi connectivity index (χ2n) is 10.8. The van der Waals surface area contributed by atoms with Gasteiger partial charge in [0.2, 0.25) is 24.4 Å². The predicted molar refractivity (Wildman–Crippen MR) is 151 cm³/mol. The van der Waals surface area contributed by atoms with Crippen molar-refractivity contribution in [2.75, 3.05) is 52.0 Å². The zero-order valence-corrected chi connectivity index (χ0v) is 24.5. The quantitative estimate of drug-likeness (QED) is 0.388. The number of anilines is 1. The third-order valence-corrected chi connectivity index (χ3v) is 8.05. The van der Waals surface area contributed by atoms with Gasteiger partial charge in [0.1, 0.15) is 12.7 Å². The number of likely N-dealkylation sites (tertiary alicyclic amines) is 1. The first-order chi connectivity index (χ1) is 19.6. The average molecular weight is 570 g/mol. The van der Waals surface area contributed by atoms with Gasteiger partial charge in [-0.05, 0) is 36.6 Å². The van der Waals surface area contributed by atoms with Crippen molar-refractivity contribution in [2.45, 2.75) is 45.1 Å². The Labute approximate surface area is 241 Å². The normalized spacial score (nSPS) is 19.7. The Morgan fingerprint density at radius 3 is 2.66 bits per heavy atom. The van der Waals surface area contributed by atoms with Crippen molar-refractivity contribution in [3.63, 3.8) is 0 Å².